The van der Waals surface area contributed by atoms with Crippen molar-refractivity contribution in [3.05, 3.63) is 47.3 Å². The minimum atomic E-state index is -2.89. The molecule has 0 saturated carbocycles. The minimum Gasteiger partial charge on any atom is -0.336 e. The second-order valence-electron chi connectivity index (χ2n) is 7.99. The van der Waals surface area contributed by atoms with Gasteiger partial charge in [0.2, 0.25) is 0 Å². The van der Waals surface area contributed by atoms with Crippen LogP contribution in [0.25, 0.3) is 5.69 Å². The van der Waals surface area contributed by atoms with E-state index in [9.17, 15) is 13.2 Å². The Morgan fingerprint density at radius 2 is 1.83 bits per heavy atom. The number of aromatic nitrogens is 2. The predicted molar refractivity (Wildman–Crippen MR) is 112 cm³/mol. The van der Waals surface area contributed by atoms with Gasteiger partial charge in [-0.25, -0.2) is 13.1 Å². The molecule has 0 bridgehead atoms. The van der Waals surface area contributed by atoms with Crippen LogP contribution in [0.15, 0.2) is 30.5 Å². The van der Waals surface area contributed by atoms with Crippen LogP contribution in [0, 0.1) is 6.92 Å². The molecule has 0 N–H and O–H groups in total. The lowest BCUT2D eigenvalue weighted by molar-refractivity contribution is 0.0587. The van der Waals surface area contributed by atoms with Gasteiger partial charge in [0.05, 0.1) is 34.6 Å². The monoisotopic (exact) mass is 416 g/mol. The van der Waals surface area contributed by atoms with Gasteiger partial charge in [0.15, 0.2) is 9.84 Å². The van der Waals surface area contributed by atoms with Crippen LogP contribution >= 0.6 is 0 Å². The predicted octanol–water partition coefficient (Wildman–Crippen LogP) is 1.69. The molecule has 0 aliphatic carbocycles. The van der Waals surface area contributed by atoms with Crippen LogP contribution in [-0.4, -0.2) is 77.6 Å². The number of aryl methyl sites for hydroxylation is 1. The first-order valence-electron chi connectivity index (χ1n) is 10.3. The van der Waals surface area contributed by atoms with E-state index in [0.717, 1.165) is 30.9 Å². The van der Waals surface area contributed by atoms with E-state index < -0.39 is 9.84 Å². The minimum absolute atomic E-state index is 0.0129. The van der Waals surface area contributed by atoms with Crippen molar-refractivity contribution in [2.75, 3.05) is 37.7 Å². The second-order valence-corrected chi connectivity index (χ2v) is 10.2. The maximum absolute atomic E-state index is 13.2. The largest absolute Gasteiger partial charge is 0.336 e. The van der Waals surface area contributed by atoms with Crippen molar-refractivity contribution in [1.82, 2.24) is 19.6 Å². The quantitative estimate of drug-likeness (QED) is 0.758. The highest BCUT2D eigenvalue weighted by Gasteiger charge is 2.35. The molecule has 2 aromatic rings. The maximum Gasteiger partial charge on any atom is 0.257 e. The average molecular weight is 417 g/mol. The summed E-state index contributed by atoms with van der Waals surface area (Å²) in [5.41, 5.74) is 3.72. The molecular formula is C21H28N4O3S. The van der Waals surface area contributed by atoms with Crippen LogP contribution in [0.1, 0.15) is 35.0 Å². The van der Waals surface area contributed by atoms with Crippen LogP contribution in [-0.2, 0) is 16.3 Å². The van der Waals surface area contributed by atoms with Gasteiger partial charge in [-0.1, -0.05) is 24.6 Å². The van der Waals surface area contributed by atoms with Crippen molar-refractivity contribution < 1.29 is 13.2 Å². The summed E-state index contributed by atoms with van der Waals surface area (Å²) >= 11 is 0. The van der Waals surface area contributed by atoms with Gasteiger partial charge < -0.3 is 4.90 Å². The Bertz CT molecular complexity index is 989. The Morgan fingerprint density at radius 3 is 2.41 bits per heavy atom. The molecule has 156 valence electrons. The van der Waals surface area contributed by atoms with Gasteiger partial charge in [-0.2, -0.15) is 5.10 Å². The molecule has 2 aliphatic rings. The zero-order chi connectivity index (χ0) is 20.6. The van der Waals surface area contributed by atoms with E-state index in [-0.39, 0.29) is 23.5 Å². The molecule has 8 heteroatoms. The number of benzene rings is 1. The van der Waals surface area contributed by atoms with E-state index in [1.54, 1.807) is 6.20 Å². The smallest absolute Gasteiger partial charge is 0.257 e. The number of piperazine rings is 1. The van der Waals surface area contributed by atoms with Gasteiger partial charge in [0.25, 0.3) is 5.91 Å². The van der Waals surface area contributed by atoms with Crippen LogP contribution in [0.4, 0.5) is 0 Å². The first-order chi connectivity index (χ1) is 13.9. The molecule has 1 aromatic carbocycles. The topological polar surface area (TPSA) is 75.5 Å². The van der Waals surface area contributed by atoms with Crippen molar-refractivity contribution in [2.24, 2.45) is 0 Å². The molecule has 7 nitrogen and oxygen atoms in total. The third-order valence-electron chi connectivity index (χ3n) is 6.04. The first kappa shape index (κ1) is 20.1. The molecule has 0 radical (unpaired) electrons. The van der Waals surface area contributed by atoms with E-state index in [2.05, 4.69) is 10.00 Å². The normalized spacial score (nSPS) is 22.1. The van der Waals surface area contributed by atoms with Gasteiger partial charge in [0.1, 0.15) is 0 Å². The Morgan fingerprint density at radius 1 is 1.14 bits per heavy atom. The van der Waals surface area contributed by atoms with Crippen molar-refractivity contribution in [1.29, 1.82) is 0 Å². The Balaban J connectivity index is 1.46. The molecule has 0 spiro atoms. The number of rotatable bonds is 4. The van der Waals surface area contributed by atoms with Crippen molar-refractivity contribution >= 4 is 15.7 Å². The summed E-state index contributed by atoms with van der Waals surface area (Å²) in [5, 5.41) is 4.49. The SMILES string of the molecule is CCc1c(C(=O)N2CCN(C3CCS(=O)(=O)C3)CC2)cnn1-c1ccc(C)cc1. The third-order valence-corrected chi connectivity index (χ3v) is 7.79. The van der Waals surface area contributed by atoms with Crippen molar-refractivity contribution in [2.45, 2.75) is 32.7 Å². The highest BCUT2D eigenvalue weighted by Crippen LogP contribution is 2.22. The highest BCUT2D eigenvalue weighted by molar-refractivity contribution is 7.91. The van der Waals surface area contributed by atoms with Crippen LogP contribution in [0.5, 0.6) is 0 Å². The fraction of sp³-hybridized carbons (Fsp3) is 0.524. The lowest BCUT2D eigenvalue weighted by atomic mass is 10.1. The number of sulfone groups is 1. The Hall–Kier alpha value is -2.19. The molecule has 3 heterocycles. The average Bonchev–Trinajstić information content (AvgIpc) is 3.31. The number of carbonyl (C=O) groups excluding carboxylic acids is 1. The molecule has 2 fully saturated rings. The van der Waals surface area contributed by atoms with E-state index >= 15 is 0 Å². The highest BCUT2D eigenvalue weighted by atomic mass is 32.2. The molecule has 1 unspecified atom stereocenters. The van der Waals surface area contributed by atoms with Crippen LogP contribution in [0.3, 0.4) is 0 Å². The van der Waals surface area contributed by atoms with E-state index in [0.29, 0.717) is 25.1 Å². The molecule has 4 rings (SSSR count). The van der Waals surface area contributed by atoms with Gasteiger partial charge in [-0.3, -0.25) is 9.69 Å². The zero-order valence-electron chi connectivity index (χ0n) is 17.0. The third kappa shape index (κ3) is 4.09. The maximum atomic E-state index is 13.2. The first-order valence-corrected chi connectivity index (χ1v) is 12.1. The summed E-state index contributed by atoms with van der Waals surface area (Å²) in [6.45, 7) is 6.77. The Kier molecular flexibility index (Phi) is 5.48. The Labute approximate surface area is 172 Å². The second kappa shape index (κ2) is 7.91. The van der Waals surface area contributed by atoms with E-state index in [1.807, 2.05) is 47.7 Å². The molecule has 2 aliphatic heterocycles. The lowest BCUT2D eigenvalue weighted by Crippen LogP contribution is -2.52. The summed E-state index contributed by atoms with van der Waals surface area (Å²) < 4.78 is 25.4. The van der Waals surface area contributed by atoms with Crippen molar-refractivity contribution in [3.63, 3.8) is 0 Å². The van der Waals surface area contributed by atoms with Crippen LogP contribution in [0.2, 0.25) is 0 Å². The van der Waals surface area contributed by atoms with Gasteiger partial charge in [0, 0.05) is 32.2 Å². The summed E-state index contributed by atoms with van der Waals surface area (Å²) in [6.07, 6.45) is 3.10. The lowest BCUT2D eigenvalue weighted by Gasteiger charge is -2.37. The molecule has 2 saturated heterocycles. The fourth-order valence-corrected chi connectivity index (χ4v) is 6.09. The molecule has 1 amide bonds. The fourth-order valence-electron chi connectivity index (χ4n) is 4.32. The van der Waals surface area contributed by atoms with Crippen LogP contribution < -0.4 is 0 Å². The molecule has 1 atom stereocenters. The summed E-state index contributed by atoms with van der Waals surface area (Å²) in [7, 11) is -2.89. The number of hydrogen-bond acceptors (Lipinski definition) is 5. The summed E-state index contributed by atoms with van der Waals surface area (Å²) in [6, 6.07) is 8.22. The molecule has 1 aromatic heterocycles. The summed E-state index contributed by atoms with van der Waals surface area (Å²) in [4.78, 5) is 17.3. The standard InChI is InChI=1S/C21H28N4O3S/c1-3-20-19(14-22-25(20)17-6-4-16(2)5-7-17)21(26)24-11-9-23(10-12-24)18-8-13-29(27,28)15-18/h4-7,14,18H,3,8-13,15H2,1-2H3. The number of amides is 1. The van der Waals surface area contributed by atoms with Crippen molar-refractivity contribution in [3.8, 4) is 5.69 Å². The molecular weight excluding hydrogens is 388 g/mol. The summed E-state index contributed by atoms with van der Waals surface area (Å²) in [5.74, 6) is 0.554. The van der Waals surface area contributed by atoms with Gasteiger partial charge in [-0.05, 0) is 31.9 Å². The van der Waals surface area contributed by atoms with Gasteiger partial charge in [-0.15, -0.1) is 0 Å². The number of nitrogens with zero attached hydrogens (tertiary/aromatic N) is 4. The number of hydrogen-bond donors (Lipinski definition) is 0. The number of carbonyl (C=O) groups is 1. The van der Waals surface area contributed by atoms with Gasteiger partial charge >= 0.3 is 0 Å². The zero-order valence-corrected chi connectivity index (χ0v) is 17.9. The molecule has 29 heavy (non-hydrogen) atoms. The van der Waals surface area contributed by atoms with E-state index in [4.69, 9.17) is 0 Å². The van der Waals surface area contributed by atoms with E-state index in [1.165, 1.54) is 5.56 Å².